The molecule has 0 radical (unpaired) electrons. The summed E-state index contributed by atoms with van der Waals surface area (Å²) in [5, 5.41) is 6.02. The Hall–Kier alpha value is -2.37. The second-order valence-electron chi connectivity index (χ2n) is 4.12. The van der Waals surface area contributed by atoms with E-state index in [2.05, 4.69) is 25.6 Å². The molecule has 0 aliphatic rings. The van der Waals surface area contributed by atoms with E-state index in [1.165, 1.54) is 0 Å². The highest BCUT2D eigenvalue weighted by Gasteiger charge is 2.15. The van der Waals surface area contributed by atoms with Crippen LogP contribution in [0.3, 0.4) is 0 Å². The minimum atomic E-state index is -0.176. The number of rotatable bonds is 5. The van der Waals surface area contributed by atoms with Gasteiger partial charge in [-0.25, -0.2) is 4.98 Å². The van der Waals surface area contributed by atoms with Crippen LogP contribution < -0.4 is 10.6 Å². The van der Waals surface area contributed by atoms with Gasteiger partial charge >= 0.3 is 0 Å². The summed E-state index contributed by atoms with van der Waals surface area (Å²) >= 11 is 0. The Morgan fingerprint density at radius 2 is 2.32 bits per heavy atom. The summed E-state index contributed by atoms with van der Waals surface area (Å²) in [5.74, 6) is 0.578. The van der Waals surface area contributed by atoms with Crippen molar-refractivity contribution in [3.05, 3.63) is 42.2 Å². The Kier molecular flexibility index (Phi) is 4.12. The topological polar surface area (TPSA) is 82.7 Å². The quantitative estimate of drug-likeness (QED) is 0.763. The first-order valence-electron chi connectivity index (χ1n) is 6.20. The van der Waals surface area contributed by atoms with Crippen molar-refractivity contribution in [1.82, 2.24) is 20.3 Å². The monoisotopic (exact) mass is 259 g/mol. The van der Waals surface area contributed by atoms with E-state index in [1.807, 2.05) is 13.8 Å². The van der Waals surface area contributed by atoms with Crippen molar-refractivity contribution in [2.24, 2.45) is 0 Å². The van der Waals surface area contributed by atoms with Gasteiger partial charge < -0.3 is 15.6 Å². The normalized spacial score (nSPS) is 11.9. The third kappa shape index (κ3) is 3.09. The Balaban J connectivity index is 2.11. The molecule has 100 valence electrons. The molecule has 0 aliphatic heterocycles. The van der Waals surface area contributed by atoms with E-state index in [-0.39, 0.29) is 11.9 Å². The number of aromatic amines is 1. The van der Waals surface area contributed by atoms with Gasteiger partial charge in [-0.3, -0.25) is 9.78 Å². The molecule has 6 nitrogen and oxygen atoms in total. The third-order valence-electron chi connectivity index (χ3n) is 2.71. The van der Waals surface area contributed by atoms with Gasteiger partial charge in [0.25, 0.3) is 5.91 Å². The fourth-order valence-electron chi connectivity index (χ4n) is 1.78. The van der Waals surface area contributed by atoms with Crippen LogP contribution in [0.1, 0.15) is 36.1 Å². The molecule has 0 fully saturated rings. The SMILES string of the molecule is CCNc1cnccc1C(=O)NC(C)c1ncc[nH]1. The van der Waals surface area contributed by atoms with Crippen molar-refractivity contribution >= 4 is 11.6 Å². The molecule has 19 heavy (non-hydrogen) atoms. The average Bonchev–Trinajstić information content (AvgIpc) is 2.93. The number of nitrogens with zero attached hydrogens (tertiary/aromatic N) is 2. The average molecular weight is 259 g/mol. The van der Waals surface area contributed by atoms with Gasteiger partial charge in [-0.2, -0.15) is 0 Å². The van der Waals surface area contributed by atoms with Crippen LogP contribution in [-0.2, 0) is 0 Å². The highest BCUT2D eigenvalue weighted by molar-refractivity contribution is 5.99. The van der Waals surface area contributed by atoms with E-state index >= 15 is 0 Å². The molecule has 1 amide bonds. The second kappa shape index (κ2) is 5.99. The van der Waals surface area contributed by atoms with E-state index in [0.717, 1.165) is 18.1 Å². The zero-order valence-electron chi connectivity index (χ0n) is 11.0. The first-order valence-corrected chi connectivity index (χ1v) is 6.20. The molecule has 1 atom stereocenters. The molecule has 2 aromatic heterocycles. The van der Waals surface area contributed by atoms with Gasteiger partial charge in [0.15, 0.2) is 0 Å². The first kappa shape index (κ1) is 13.1. The minimum Gasteiger partial charge on any atom is -0.383 e. The fourth-order valence-corrected chi connectivity index (χ4v) is 1.78. The largest absolute Gasteiger partial charge is 0.383 e. The summed E-state index contributed by atoms with van der Waals surface area (Å²) in [4.78, 5) is 23.3. The van der Waals surface area contributed by atoms with Crippen LogP contribution in [0.4, 0.5) is 5.69 Å². The van der Waals surface area contributed by atoms with E-state index in [1.54, 1.807) is 30.9 Å². The predicted molar refractivity (Wildman–Crippen MR) is 72.9 cm³/mol. The number of nitrogens with one attached hydrogen (secondary N) is 3. The van der Waals surface area contributed by atoms with Gasteiger partial charge in [-0.1, -0.05) is 0 Å². The van der Waals surface area contributed by atoms with Gasteiger partial charge in [-0.05, 0) is 19.9 Å². The highest BCUT2D eigenvalue weighted by Crippen LogP contribution is 2.15. The van der Waals surface area contributed by atoms with Crippen LogP contribution in [0.5, 0.6) is 0 Å². The predicted octanol–water partition coefficient (Wildman–Crippen LogP) is 1.73. The molecule has 3 N–H and O–H groups in total. The molecule has 1 unspecified atom stereocenters. The second-order valence-corrected chi connectivity index (χ2v) is 4.12. The fraction of sp³-hybridized carbons (Fsp3) is 0.308. The lowest BCUT2D eigenvalue weighted by atomic mass is 10.2. The molecule has 6 heteroatoms. The standard InChI is InChI=1S/C13H17N5O/c1-3-15-11-8-14-5-4-10(11)13(19)18-9(2)12-16-6-7-17-12/h4-9,15H,3H2,1-2H3,(H,16,17)(H,18,19). The van der Waals surface area contributed by atoms with E-state index in [0.29, 0.717) is 5.56 Å². The summed E-state index contributed by atoms with van der Waals surface area (Å²) < 4.78 is 0. The number of carbonyl (C=O) groups excluding carboxylic acids is 1. The number of amides is 1. The Morgan fingerprint density at radius 1 is 1.47 bits per heavy atom. The van der Waals surface area contributed by atoms with Crippen LogP contribution in [0.25, 0.3) is 0 Å². The zero-order valence-corrected chi connectivity index (χ0v) is 11.0. The molecule has 2 aromatic rings. The number of hydrogen-bond acceptors (Lipinski definition) is 4. The zero-order chi connectivity index (χ0) is 13.7. The third-order valence-corrected chi connectivity index (χ3v) is 2.71. The molecule has 0 spiro atoms. The summed E-state index contributed by atoms with van der Waals surface area (Å²) in [6.45, 7) is 4.59. The van der Waals surface area contributed by atoms with Crippen molar-refractivity contribution in [3.8, 4) is 0 Å². The van der Waals surface area contributed by atoms with Gasteiger partial charge in [0.05, 0.1) is 23.5 Å². The minimum absolute atomic E-state index is 0.151. The smallest absolute Gasteiger partial charge is 0.254 e. The highest BCUT2D eigenvalue weighted by atomic mass is 16.1. The number of imidazole rings is 1. The molecular weight excluding hydrogens is 242 g/mol. The molecule has 0 aromatic carbocycles. The number of carbonyl (C=O) groups is 1. The number of hydrogen-bond donors (Lipinski definition) is 3. The van der Waals surface area contributed by atoms with Gasteiger partial charge in [0.2, 0.25) is 0 Å². The lowest BCUT2D eigenvalue weighted by molar-refractivity contribution is 0.0939. The van der Waals surface area contributed by atoms with E-state index in [4.69, 9.17) is 0 Å². The Bertz CT molecular complexity index is 538. The number of aromatic nitrogens is 3. The maximum Gasteiger partial charge on any atom is 0.254 e. The van der Waals surface area contributed by atoms with Gasteiger partial charge in [-0.15, -0.1) is 0 Å². The molecule has 0 saturated heterocycles. The van der Waals surface area contributed by atoms with Crippen LogP contribution in [-0.4, -0.2) is 27.4 Å². The first-order chi connectivity index (χ1) is 9.22. The summed E-state index contributed by atoms with van der Waals surface area (Å²) in [5.41, 5.74) is 1.31. The maximum absolute atomic E-state index is 12.2. The summed E-state index contributed by atoms with van der Waals surface area (Å²) in [6, 6.07) is 1.52. The van der Waals surface area contributed by atoms with Crippen LogP contribution in [0.2, 0.25) is 0 Å². The van der Waals surface area contributed by atoms with Crippen molar-refractivity contribution in [2.75, 3.05) is 11.9 Å². The maximum atomic E-state index is 12.2. The summed E-state index contributed by atoms with van der Waals surface area (Å²) in [7, 11) is 0. The van der Waals surface area contributed by atoms with Crippen molar-refractivity contribution in [2.45, 2.75) is 19.9 Å². The Morgan fingerprint density at radius 3 is 3.00 bits per heavy atom. The number of pyridine rings is 1. The molecule has 0 bridgehead atoms. The van der Waals surface area contributed by atoms with E-state index in [9.17, 15) is 4.79 Å². The lowest BCUT2D eigenvalue weighted by Gasteiger charge is -2.14. The van der Waals surface area contributed by atoms with Gasteiger partial charge in [0, 0.05) is 25.1 Å². The molecule has 0 aliphatic carbocycles. The molecule has 2 heterocycles. The van der Waals surface area contributed by atoms with E-state index < -0.39 is 0 Å². The van der Waals surface area contributed by atoms with Gasteiger partial charge in [0.1, 0.15) is 5.82 Å². The van der Waals surface area contributed by atoms with Crippen molar-refractivity contribution in [3.63, 3.8) is 0 Å². The van der Waals surface area contributed by atoms with Crippen molar-refractivity contribution in [1.29, 1.82) is 0 Å². The Labute approximate surface area is 111 Å². The number of H-pyrrole nitrogens is 1. The van der Waals surface area contributed by atoms with Crippen LogP contribution in [0.15, 0.2) is 30.9 Å². The molecular formula is C13H17N5O. The molecule has 2 rings (SSSR count). The van der Waals surface area contributed by atoms with Crippen LogP contribution >= 0.6 is 0 Å². The lowest BCUT2D eigenvalue weighted by Crippen LogP contribution is -2.28. The molecule has 0 saturated carbocycles. The van der Waals surface area contributed by atoms with Crippen molar-refractivity contribution < 1.29 is 4.79 Å². The summed E-state index contributed by atoms with van der Waals surface area (Å²) in [6.07, 6.45) is 6.65. The van der Waals surface area contributed by atoms with Crippen LogP contribution in [0, 0.1) is 0 Å². The number of anilines is 1.